The zero-order valence-corrected chi connectivity index (χ0v) is 18.0. The molecule has 2 fully saturated rings. The van der Waals surface area contributed by atoms with E-state index in [1.807, 2.05) is 12.3 Å². The quantitative estimate of drug-likeness (QED) is 0.713. The number of nitrogens with zero attached hydrogens (tertiary/aromatic N) is 3. The van der Waals surface area contributed by atoms with Crippen LogP contribution in [-0.4, -0.2) is 67.8 Å². The van der Waals surface area contributed by atoms with Crippen LogP contribution in [0, 0.1) is 0 Å². The Labute approximate surface area is 179 Å². The number of rotatable bonds is 5. The molecule has 2 atom stereocenters. The normalized spacial score (nSPS) is 22.2. The average Bonchev–Trinajstić information content (AvgIpc) is 3.10. The van der Waals surface area contributed by atoms with Gasteiger partial charge in [0.25, 0.3) is 0 Å². The third-order valence-corrected chi connectivity index (χ3v) is 4.77. The van der Waals surface area contributed by atoms with E-state index >= 15 is 0 Å². The zero-order chi connectivity index (χ0) is 16.9. The van der Waals surface area contributed by atoms with Crippen molar-refractivity contribution in [3.8, 4) is 0 Å². The summed E-state index contributed by atoms with van der Waals surface area (Å²) >= 11 is 0. The van der Waals surface area contributed by atoms with E-state index in [1.165, 1.54) is 0 Å². The van der Waals surface area contributed by atoms with Gasteiger partial charge in [-0.1, -0.05) is 0 Å². The van der Waals surface area contributed by atoms with Gasteiger partial charge in [0.15, 0.2) is 0 Å². The highest BCUT2D eigenvalue weighted by Gasteiger charge is 2.29. The summed E-state index contributed by atoms with van der Waals surface area (Å²) in [4.78, 5) is 21.3. The van der Waals surface area contributed by atoms with Crippen LogP contribution in [0.25, 0.3) is 0 Å². The van der Waals surface area contributed by atoms with Crippen LogP contribution >= 0.6 is 37.2 Å². The molecule has 3 heterocycles. The molecule has 0 spiro atoms. The SMILES string of the molecule is CN1CCN(c2cc(CNC(=O)[C@@H]3CC[C@H](CN)O3)ccn2)CC1.Cl.Cl.Cl. The topological polar surface area (TPSA) is 83.7 Å². The number of likely N-dealkylation sites (N-methyl/N-ethyl adjacent to an activating group) is 1. The molecule has 0 bridgehead atoms. The number of anilines is 1. The summed E-state index contributed by atoms with van der Waals surface area (Å²) in [6, 6.07) is 4.00. The lowest BCUT2D eigenvalue weighted by molar-refractivity contribution is -0.132. The molecule has 10 heteroatoms. The minimum atomic E-state index is -0.363. The molecule has 7 nitrogen and oxygen atoms in total. The van der Waals surface area contributed by atoms with Gasteiger partial charge >= 0.3 is 0 Å². The van der Waals surface area contributed by atoms with Crippen LogP contribution in [0.2, 0.25) is 0 Å². The number of hydrogen-bond acceptors (Lipinski definition) is 6. The number of nitrogens with two attached hydrogens (primary N) is 1. The first kappa shape index (κ1) is 26.2. The van der Waals surface area contributed by atoms with Gasteiger partial charge in [-0.05, 0) is 37.6 Å². The number of aromatic nitrogens is 1. The fourth-order valence-electron chi connectivity index (χ4n) is 3.15. The molecule has 156 valence electrons. The summed E-state index contributed by atoms with van der Waals surface area (Å²) in [6.45, 7) is 5.02. The fraction of sp³-hybridized carbons (Fsp3) is 0.647. The van der Waals surface area contributed by atoms with Crippen LogP contribution in [-0.2, 0) is 16.1 Å². The largest absolute Gasteiger partial charge is 0.364 e. The maximum atomic E-state index is 12.2. The predicted molar refractivity (Wildman–Crippen MR) is 114 cm³/mol. The van der Waals surface area contributed by atoms with Crippen molar-refractivity contribution in [3.05, 3.63) is 23.9 Å². The maximum absolute atomic E-state index is 12.2. The number of hydrogen-bond donors (Lipinski definition) is 2. The minimum Gasteiger partial charge on any atom is -0.364 e. The summed E-state index contributed by atoms with van der Waals surface area (Å²) in [5.41, 5.74) is 6.64. The van der Waals surface area contributed by atoms with Crippen molar-refractivity contribution < 1.29 is 9.53 Å². The Hall–Kier alpha value is -0.830. The molecular formula is C17H30Cl3N5O2. The van der Waals surface area contributed by atoms with Crippen molar-refractivity contribution in [3.63, 3.8) is 0 Å². The molecular weight excluding hydrogens is 413 g/mol. The molecule has 2 saturated heterocycles. The number of amides is 1. The van der Waals surface area contributed by atoms with Crippen molar-refractivity contribution in [1.29, 1.82) is 0 Å². The van der Waals surface area contributed by atoms with Gasteiger partial charge in [0.1, 0.15) is 11.9 Å². The molecule has 0 aliphatic carbocycles. The van der Waals surface area contributed by atoms with Gasteiger partial charge in [0.2, 0.25) is 5.91 Å². The van der Waals surface area contributed by atoms with E-state index < -0.39 is 0 Å². The fourth-order valence-corrected chi connectivity index (χ4v) is 3.15. The molecule has 3 rings (SSSR count). The molecule has 2 aliphatic heterocycles. The van der Waals surface area contributed by atoms with Gasteiger partial charge < -0.3 is 25.6 Å². The first-order chi connectivity index (χ1) is 11.7. The van der Waals surface area contributed by atoms with E-state index in [1.54, 1.807) is 0 Å². The molecule has 2 aliphatic rings. The summed E-state index contributed by atoms with van der Waals surface area (Å²) in [7, 11) is 2.14. The van der Waals surface area contributed by atoms with E-state index in [0.717, 1.165) is 50.4 Å². The molecule has 27 heavy (non-hydrogen) atoms. The lowest BCUT2D eigenvalue weighted by Crippen LogP contribution is -2.44. The molecule has 3 N–H and O–H groups in total. The molecule has 1 aromatic rings. The Morgan fingerprint density at radius 3 is 2.59 bits per heavy atom. The van der Waals surface area contributed by atoms with Crippen molar-refractivity contribution in [2.24, 2.45) is 5.73 Å². The molecule has 0 aromatic carbocycles. The third-order valence-electron chi connectivity index (χ3n) is 4.77. The van der Waals surface area contributed by atoms with Crippen LogP contribution in [0.15, 0.2) is 18.3 Å². The van der Waals surface area contributed by atoms with E-state index in [9.17, 15) is 4.79 Å². The highest BCUT2D eigenvalue weighted by molar-refractivity contribution is 5.86. The number of piperazine rings is 1. The van der Waals surface area contributed by atoms with Gasteiger partial charge in [-0.3, -0.25) is 4.79 Å². The lowest BCUT2D eigenvalue weighted by Gasteiger charge is -2.33. The number of halogens is 3. The van der Waals surface area contributed by atoms with Crippen molar-refractivity contribution in [2.45, 2.75) is 31.6 Å². The number of pyridine rings is 1. The number of ether oxygens (including phenoxy) is 1. The van der Waals surface area contributed by atoms with Crippen LogP contribution in [0.1, 0.15) is 18.4 Å². The number of carbonyl (C=O) groups excluding carboxylic acids is 1. The minimum absolute atomic E-state index is 0. The lowest BCUT2D eigenvalue weighted by atomic mass is 10.2. The van der Waals surface area contributed by atoms with Gasteiger partial charge in [-0.15, -0.1) is 37.2 Å². The second-order valence-electron chi connectivity index (χ2n) is 6.59. The van der Waals surface area contributed by atoms with E-state index in [2.05, 4.69) is 33.2 Å². The maximum Gasteiger partial charge on any atom is 0.249 e. The molecule has 1 aromatic heterocycles. The first-order valence-electron chi connectivity index (χ1n) is 8.67. The predicted octanol–water partition coefficient (Wildman–Crippen LogP) is 1.22. The van der Waals surface area contributed by atoms with E-state index in [4.69, 9.17) is 10.5 Å². The van der Waals surface area contributed by atoms with Crippen molar-refractivity contribution >= 4 is 48.9 Å². The van der Waals surface area contributed by atoms with Crippen LogP contribution < -0.4 is 16.0 Å². The average molecular weight is 443 g/mol. The molecule has 0 unspecified atom stereocenters. The Morgan fingerprint density at radius 1 is 1.26 bits per heavy atom. The highest BCUT2D eigenvalue weighted by atomic mass is 35.5. The summed E-state index contributed by atoms with van der Waals surface area (Å²) < 4.78 is 5.63. The van der Waals surface area contributed by atoms with Gasteiger partial charge in [0.05, 0.1) is 6.10 Å². The van der Waals surface area contributed by atoms with Crippen molar-refractivity contribution in [1.82, 2.24) is 15.2 Å². The summed E-state index contributed by atoms with van der Waals surface area (Å²) in [5.74, 6) is 0.930. The second kappa shape index (κ2) is 12.6. The number of carbonyl (C=O) groups is 1. The Bertz CT molecular complexity index is 573. The third kappa shape index (κ3) is 7.25. The van der Waals surface area contributed by atoms with E-state index in [-0.39, 0.29) is 55.3 Å². The number of nitrogens with one attached hydrogen (secondary N) is 1. The van der Waals surface area contributed by atoms with Gasteiger partial charge in [-0.2, -0.15) is 0 Å². The standard InChI is InChI=1S/C17H27N5O2.3ClH/c1-21-6-8-22(9-7-21)16-10-13(4-5-19-16)12-20-17(23)15-3-2-14(11-18)24-15;;;/h4-5,10,14-15H,2-3,6-9,11-12,18H2,1H3,(H,20,23);3*1H/t14-,15+;;;/m1.../s1. The Kier molecular flexibility index (Phi) is 12.2. The van der Waals surface area contributed by atoms with Crippen LogP contribution in [0.3, 0.4) is 0 Å². The van der Waals surface area contributed by atoms with Crippen LogP contribution in [0.5, 0.6) is 0 Å². The molecule has 0 saturated carbocycles. The zero-order valence-electron chi connectivity index (χ0n) is 15.5. The Morgan fingerprint density at radius 2 is 1.96 bits per heavy atom. The summed E-state index contributed by atoms with van der Waals surface area (Å²) in [6.07, 6.45) is 3.07. The van der Waals surface area contributed by atoms with Gasteiger partial charge in [-0.25, -0.2) is 4.98 Å². The second-order valence-corrected chi connectivity index (χ2v) is 6.59. The van der Waals surface area contributed by atoms with E-state index in [0.29, 0.717) is 13.1 Å². The van der Waals surface area contributed by atoms with Gasteiger partial charge in [0, 0.05) is 45.5 Å². The molecule has 0 radical (unpaired) electrons. The highest BCUT2D eigenvalue weighted by Crippen LogP contribution is 2.19. The van der Waals surface area contributed by atoms with Crippen molar-refractivity contribution in [2.75, 3.05) is 44.7 Å². The first-order valence-corrected chi connectivity index (χ1v) is 8.67. The summed E-state index contributed by atoms with van der Waals surface area (Å²) in [5, 5.41) is 2.96. The van der Waals surface area contributed by atoms with Crippen LogP contribution in [0.4, 0.5) is 5.82 Å². The Balaban J connectivity index is 0.00000225. The smallest absolute Gasteiger partial charge is 0.249 e. The monoisotopic (exact) mass is 441 g/mol. The molecule has 1 amide bonds.